The third kappa shape index (κ3) is 8.30. The van der Waals surface area contributed by atoms with Crippen molar-refractivity contribution in [3.63, 3.8) is 0 Å². The molecule has 254 valence electrons. The summed E-state index contributed by atoms with van der Waals surface area (Å²) in [5, 5.41) is 13.7. The van der Waals surface area contributed by atoms with Gasteiger partial charge in [0.15, 0.2) is 11.0 Å². The summed E-state index contributed by atoms with van der Waals surface area (Å²) in [6, 6.07) is 10.3. The van der Waals surface area contributed by atoms with E-state index in [0.29, 0.717) is 28.6 Å². The summed E-state index contributed by atoms with van der Waals surface area (Å²) in [7, 11) is 2.95. The van der Waals surface area contributed by atoms with E-state index in [1.807, 2.05) is 0 Å². The second kappa shape index (κ2) is 16.2. The van der Waals surface area contributed by atoms with Gasteiger partial charge in [-0.2, -0.15) is 0 Å². The van der Waals surface area contributed by atoms with Crippen molar-refractivity contribution in [1.29, 1.82) is 0 Å². The van der Waals surface area contributed by atoms with Crippen LogP contribution in [0.25, 0.3) is 5.69 Å². The third-order valence-corrected chi connectivity index (χ3v) is 9.01. The van der Waals surface area contributed by atoms with E-state index in [1.165, 1.54) is 38.5 Å². The molecule has 2 aromatic carbocycles. The molecule has 0 unspecified atom stereocenters. The van der Waals surface area contributed by atoms with Gasteiger partial charge in [0.25, 0.3) is 5.91 Å². The molecule has 0 aliphatic carbocycles. The Morgan fingerprint density at radius 1 is 0.958 bits per heavy atom. The molecule has 0 spiro atoms. The highest BCUT2D eigenvalue weighted by Gasteiger charge is 2.29. The number of benzene rings is 2. The molecule has 2 amide bonds. The van der Waals surface area contributed by atoms with E-state index in [2.05, 4.69) is 20.8 Å². The summed E-state index contributed by atoms with van der Waals surface area (Å²) >= 11 is 1.96. The van der Waals surface area contributed by atoms with Crippen molar-refractivity contribution < 1.29 is 42.5 Å². The number of thiophene rings is 1. The number of carbonyl (C=O) groups excluding carboxylic acids is 4. The number of methoxy groups -OCH3 is 2. The summed E-state index contributed by atoms with van der Waals surface area (Å²) in [4.78, 5) is 52.0. The first-order chi connectivity index (χ1) is 23.0. The zero-order valence-electron chi connectivity index (χ0n) is 27.0. The molecule has 1 atom stereocenters. The first kappa shape index (κ1) is 35.9. The van der Waals surface area contributed by atoms with Crippen molar-refractivity contribution in [3.05, 3.63) is 75.7 Å². The van der Waals surface area contributed by atoms with Gasteiger partial charge < -0.3 is 29.6 Å². The molecule has 0 radical (unpaired) electrons. The monoisotopic (exact) mass is 699 g/mol. The highest BCUT2D eigenvalue weighted by Crippen LogP contribution is 2.35. The van der Waals surface area contributed by atoms with Crippen molar-refractivity contribution in [2.75, 3.05) is 32.8 Å². The van der Waals surface area contributed by atoms with Gasteiger partial charge in [-0.1, -0.05) is 11.8 Å². The summed E-state index contributed by atoms with van der Waals surface area (Å²) in [5.74, 6) is -1.53. The standard InChI is InChI=1S/C32H34FN5O8S2/c1-7-45-30(41)25-17(3)26(31(42)46-8-2)48-29(25)35-27(39)18(4)47-32-37-36-24(38(32)21-11-9-20(33)10-12-21)16-34-28(40)19-13-22(43-5)15-23(14-19)44-6/h9-15,18H,7-8,16H2,1-6H3,(H,34,40)(H,35,39)/t18-/m0/s1. The first-order valence-electron chi connectivity index (χ1n) is 14.7. The van der Waals surface area contributed by atoms with Gasteiger partial charge in [0.2, 0.25) is 5.91 Å². The number of rotatable bonds is 14. The maximum absolute atomic E-state index is 13.8. The average molecular weight is 700 g/mol. The Morgan fingerprint density at radius 3 is 2.19 bits per heavy atom. The van der Waals surface area contributed by atoms with Gasteiger partial charge in [-0.3, -0.25) is 14.2 Å². The molecule has 2 aromatic heterocycles. The number of amides is 2. The molecule has 0 aliphatic heterocycles. The van der Waals surface area contributed by atoms with Gasteiger partial charge in [0, 0.05) is 17.3 Å². The zero-order valence-corrected chi connectivity index (χ0v) is 28.7. The molecule has 0 bridgehead atoms. The predicted molar refractivity (Wildman–Crippen MR) is 177 cm³/mol. The Hall–Kier alpha value is -4.96. The highest BCUT2D eigenvalue weighted by molar-refractivity contribution is 8.00. The molecule has 48 heavy (non-hydrogen) atoms. The third-order valence-electron chi connectivity index (χ3n) is 6.78. The topological polar surface area (TPSA) is 160 Å². The number of nitrogens with one attached hydrogen (secondary N) is 2. The molecule has 2 N–H and O–H groups in total. The van der Waals surface area contributed by atoms with E-state index >= 15 is 0 Å². The number of thioether (sulfide) groups is 1. The van der Waals surface area contributed by atoms with Crippen LogP contribution < -0.4 is 20.1 Å². The molecule has 0 saturated carbocycles. The van der Waals surface area contributed by atoms with Crippen LogP contribution >= 0.6 is 23.1 Å². The number of anilines is 1. The lowest BCUT2D eigenvalue weighted by Gasteiger charge is -2.14. The SMILES string of the molecule is CCOC(=O)c1sc(NC(=O)[C@H](C)Sc2nnc(CNC(=O)c3cc(OC)cc(OC)c3)n2-c2ccc(F)cc2)c(C(=O)OCC)c1C. The number of carbonyl (C=O) groups is 4. The van der Waals surface area contributed by atoms with E-state index in [1.54, 1.807) is 50.5 Å². The highest BCUT2D eigenvalue weighted by atomic mass is 32.2. The summed E-state index contributed by atoms with van der Waals surface area (Å²) < 4.78 is 36.2. The van der Waals surface area contributed by atoms with Crippen LogP contribution in [0.2, 0.25) is 0 Å². The van der Waals surface area contributed by atoms with Crippen molar-refractivity contribution >= 4 is 51.9 Å². The maximum Gasteiger partial charge on any atom is 0.348 e. The predicted octanol–water partition coefficient (Wildman–Crippen LogP) is 5.20. The van der Waals surface area contributed by atoms with Crippen LogP contribution in [-0.2, 0) is 20.8 Å². The van der Waals surface area contributed by atoms with Crippen LogP contribution in [0.5, 0.6) is 11.5 Å². The molecule has 4 rings (SSSR count). The first-order valence-corrected chi connectivity index (χ1v) is 16.4. The lowest BCUT2D eigenvalue weighted by Crippen LogP contribution is -2.25. The van der Waals surface area contributed by atoms with Crippen molar-refractivity contribution in [2.45, 2.75) is 44.6 Å². The second-order valence-electron chi connectivity index (χ2n) is 9.95. The van der Waals surface area contributed by atoms with E-state index in [9.17, 15) is 23.6 Å². The number of esters is 2. The number of nitrogens with zero attached hydrogens (tertiary/aromatic N) is 3. The normalized spacial score (nSPS) is 11.4. The summed E-state index contributed by atoms with van der Waals surface area (Å²) in [5.41, 5.74) is 1.18. The number of hydrogen-bond donors (Lipinski definition) is 2. The van der Waals surface area contributed by atoms with Crippen molar-refractivity contribution in [2.24, 2.45) is 0 Å². The van der Waals surface area contributed by atoms with Gasteiger partial charge in [0.05, 0.1) is 44.8 Å². The number of aromatic nitrogens is 3. The Balaban J connectivity index is 1.59. The Bertz CT molecular complexity index is 1790. The fraction of sp³-hybridized carbons (Fsp3) is 0.312. The number of halogens is 1. The van der Waals surface area contributed by atoms with Crippen molar-refractivity contribution in [1.82, 2.24) is 20.1 Å². The van der Waals surface area contributed by atoms with Crippen LogP contribution in [0.15, 0.2) is 47.6 Å². The fourth-order valence-electron chi connectivity index (χ4n) is 4.41. The van der Waals surface area contributed by atoms with Crippen LogP contribution in [0.1, 0.15) is 62.5 Å². The van der Waals surface area contributed by atoms with E-state index in [0.717, 1.165) is 23.1 Å². The minimum Gasteiger partial charge on any atom is -0.497 e. The van der Waals surface area contributed by atoms with E-state index in [4.69, 9.17) is 18.9 Å². The van der Waals surface area contributed by atoms with E-state index in [-0.39, 0.29) is 45.9 Å². The molecular formula is C32H34FN5O8S2. The van der Waals surface area contributed by atoms with Crippen LogP contribution in [0.3, 0.4) is 0 Å². The van der Waals surface area contributed by atoms with Gasteiger partial charge in [-0.15, -0.1) is 21.5 Å². The fourth-order valence-corrected chi connectivity index (χ4v) is 6.39. The molecule has 2 heterocycles. The van der Waals surface area contributed by atoms with Gasteiger partial charge in [-0.05, 0) is 69.7 Å². The largest absolute Gasteiger partial charge is 0.497 e. The Labute approximate surface area is 284 Å². The molecule has 4 aromatic rings. The van der Waals surface area contributed by atoms with Crippen LogP contribution in [0.4, 0.5) is 9.39 Å². The molecule has 13 nitrogen and oxygen atoms in total. The van der Waals surface area contributed by atoms with Gasteiger partial charge in [0.1, 0.15) is 27.2 Å². The van der Waals surface area contributed by atoms with Crippen LogP contribution in [-0.4, -0.2) is 71.2 Å². The van der Waals surface area contributed by atoms with Crippen LogP contribution in [0, 0.1) is 12.7 Å². The minimum atomic E-state index is -0.802. The Morgan fingerprint density at radius 2 is 1.58 bits per heavy atom. The molecule has 0 aliphatic rings. The zero-order chi connectivity index (χ0) is 35.0. The quantitative estimate of drug-likeness (QED) is 0.132. The van der Waals surface area contributed by atoms with Crippen molar-refractivity contribution in [3.8, 4) is 17.2 Å². The summed E-state index contributed by atoms with van der Waals surface area (Å²) in [6.45, 7) is 6.68. The lowest BCUT2D eigenvalue weighted by atomic mass is 10.1. The molecule has 16 heteroatoms. The molecule has 0 saturated heterocycles. The second-order valence-corrected chi connectivity index (χ2v) is 12.3. The van der Waals surface area contributed by atoms with E-state index < -0.39 is 34.8 Å². The van der Waals surface area contributed by atoms with Gasteiger partial charge >= 0.3 is 11.9 Å². The molecule has 0 fully saturated rings. The Kier molecular flexibility index (Phi) is 12.1. The lowest BCUT2D eigenvalue weighted by molar-refractivity contribution is -0.115. The number of ether oxygens (including phenoxy) is 4. The minimum absolute atomic E-state index is 0.0663. The average Bonchev–Trinajstić information content (AvgIpc) is 3.63. The number of hydrogen-bond acceptors (Lipinski definition) is 12. The summed E-state index contributed by atoms with van der Waals surface area (Å²) in [6.07, 6.45) is 0. The van der Waals surface area contributed by atoms with Gasteiger partial charge in [-0.25, -0.2) is 14.0 Å². The molecular weight excluding hydrogens is 666 g/mol. The smallest absolute Gasteiger partial charge is 0.348 e. The maximum atomic E-state index is 13.8.